The topological polar surface area (TPSA) is 53.4 Å². The molecule has 0 aliphatic carbocycles. The van der Waals surface area contributed by atoms with Gasteiger partial charge < -0.3 is 5.32 Å². The van der Waals surface area contributed by atoms with Crippen LogP contribution in [0.2, 0.25) is 5.02 Å². The fourth-order valence-electron chi connectivity index (χ4n) is 3.62. The number of hydrogen-bond acceptors (Lipinski definition) is 5. The number of halogens is 1. The number of nitrogens with zero attached hydrogens (tertiary/aromatic N) is 4. The summed E-state index contributed by atoms with van der Waals surface area (Å²) in [5.74, 6) is 1.00. The average molecular weight is 490 g/mol. The number of amidine groups is 1. The van der Waals surface area contributed by atoms with Crippen LogP contribution in [0.25, 0.3) is 0 Å². The van der Waals surface area contributed by atoms with Gasteiger partial charge in [-0.3, -0.25) is 19.9 Å². The molecule has 2 aromatic rings. The Kier molecular flexibility index (Phi) is 10.7. The molecule has 32 heavy (non-hydrogen) atoms. The lowest BCUT2D eigenvalue weighted by Crippen LogP contribution is -2.40. The van der Waals surface area contributed by atoms with E-state index in [4.69, 9.17) is 28.8 Å². The van der Waals surface area contributed by atoms with E-state index in [2.05, 4.69) is 27.1 Å². The Morgan fingerprint density at radius 2 is 1.97 bits per heavy atom. The van der Waals surface area contributed by atoms with Crippen molar-refractivity contribution in [2.75, 3.05) is 17.6 Å². The molecule has 172 valence electrons. The van der Waals surface area contributed by atoms with Crippen LogP contribution in [0.1, 0.15) is 57.6 Å². The number of aromatic nitrogens is 2. The number of anilines is 1. The minimum Gasteiger partial charge on any atom is -0.332 e. The SMILES string of the molecule is CC1CSC(=NCCCCCCCCCc2cnccn2)N1C(=S)Nc1cccc(Cl)c1. The van der Waals surface area contributed by atoms with Crippen molar-refractivity contribution in [1.29, 1.82) is 0 Å². The highest BCUT2D eigenvalue weighted by Crippen LogP contribution is 2.26. The third-order valence-electron chi connectivity index (χ3n) is 5.35. The smallest absolute Gasteiger partial charge is 0.179 e. The molecule has 0 radical (unpaired) electrons. The minimum absolute atomic E-state index is 0.333. The van der Waals surface area contributed by atoms with Crippen LogP contribution in [0.4, 0.5) is 5.69 Å². The van der Waals surface area contributed by atoms with Crippen LogP contribution in [0.3, 0.4) is 0 Å². The van der Waals surface area contributed by atoms with E-state index in [0.717, 1.165) is 41.7 Å². The number of hydrogen-bond donors (Lipinski definition) is 1. The van der Waals surface area contributed by atoms with Crippen LogP contribution in [0.5, 0.6) is 0 Å². The summed E-state index contributed by atoms with van der Waals surface area (Å²) in [7, 11) is 0. The molecule has 1 aromatic carbocycles. The van der Waals surface area contributed by atoms with E-state index in [-0.39, 0.29) is 0 Å². The van der Waals surface area contributed by atoms with Gasteiger partial charge in [0.1, 0.15) is 0 Å². The van der Waals surface area contributed by atoms with Gasteiger partial charge >= 0.3 is 0 Å². The molecule has 1 fully saturated rings. The molecule has 1 N–H and O–H groups in total. The van der Waals surface area contributed by atoms with Crippen molar-refractivity contribution in [2.45, 2.75) is 64.3 Å². The first-order valence-electron chi connectivity index (χ1n) is 11.4. The molecule has 1 unspecified atom stereocenters. The van der Waals surface area contributed by atoms with Crippen molar-refractivity contribution in [3.05, 3.63) is 53.6 Å². The summed E-state index contributed by atoms with van der Waals surface area (Å²) in [5, 5.41) is 5.71. The number of rotatable bonds is 11. The molecule has 8 heteroatoms. The molecule has 1 aromatic heterocycles. The number of aryl methyl sites for hydroxylation is 1. The predicted molar refractivity (Wildman–Crippen MR) is 142 cm³/mol. The summed E-state index contributed by atoms with van der Waals surface area (Å²) < 4.78 is 0. The zero-order valence-corrected chi connectivity index (χ0v) is 21.1. The van der Waals surface area contributed by atoms with Gasteiger partial charge in [-0.05, 0) is 56.6 Å². The van der Waals surface area contributed by atoms with Crippen LogP contribution in [0.15, 0.2) is 47.8 Å². The molecule has 1 saturated heterocycles. The maximum Gasteiger partial charge on any atom is 0.179 e. The third-order valence-corrected chi connectivity index (χ3v) is 7.12. The summed E-state index contributed by atoms with van der Waals surface area (Å²) in [6.07, 6.45) is 15.1. The van der Waals surface area contributed by atoms with E-state index in [1.807, 2.05) is 30.5 Å². The van der Waals surface area contributed by atoms with Gasteiger partial charge in [-0.25, -0.2) is 0 Å². The van der Waals surface area contributed by atoms with Gasteiger partial charge in [-0.1, -0.05) is 61.5 Å². The van der Waals surface area contributed by atoms with Gasteiger partial charge in [0.2, 0.25) is 0 Å². The van der Waals surface area contributed by atoms with Gasteiger partial charge in [0, 0.05) is 47.6 Å². The summed E-state index contributed by atoms with van der Waals surface area (Å²) in [5.41, 5.74) is 2.00. The number of thiocarbonyl (C=S) groups is 1. The summed E-state index contributed by atoms with van der Waals surface area (Å²) >= 11 is 13.5. The largest absolute Gasteiger partial charge is 0.332 e. The first-order valence-corrected chi connectivity index (χ1v) is 13.2. The predicted octanol–water partition coefficient (Wildman–Crippen LogP) is 6.59. The van der Waals surface area contributed by atoms with Crippen molar-refractivity contribution in [3.8, 4) is 0 Å². The summed E-state index contributed by atoms with van der Waals surface area (Å²) in [6.45, 7) is 3.05. The molecule has 0 bridgehead atoms. The van der Waals surface area contributed by atoms with Crippen molar-refractivity contribution in [3.63, 3.8) is 0 Å². The van der Waals surface area contributed by atoms with Crippen LogP contribution in [-0.4, -0.2) is 43.5 Å². The van der Waals surface area contributed by atoms with Crippen molar-refractivity contribution < 1.29 is 0 Å². The van der Waals surface area contributed by atoms with Crippen LogP contribution in [0, 0.1) is 0 Å². The zero-order chi connectivity index (χ0) is 22.6. The van der Waals surface area contributed by atoms with Crippen molar-refractivity contribution in [2.24, 2.45) is 4.99 Å². The van der Waals surface area contributed by atoms with E-state index in [1.54, 1.807) is 24.2 Å². The number of aliphatic imine (C=N–C) groups is 1. The number of nitrogens with one attached hydrogen (secondary N) is 1. The molecule has 0 spiro atoms. The standard InChI is InChI=1S/C24H32ClN5S2/c1-19-18-32-24(30(19)23(31)29-21-12-9-10-20(25)16-21)28-13-8-6-4-2-3-5-7-11-22-17-26-14-15-27-22/h9-10,12,14-17,19H,2-8,11,13,18H2,1H3,(H,29,31). The quantitative estimate of drug-likeness (QED) is 0.283. The van der Waals surface area contributed by atoms with Crippen LogP contribution >= 0.6 is 35.6 Å². The molecule has 1 aliphatic heterocycles. The van der Waals surface area contributed by atoms with Crippen LogP contribution < -0.4 is 5.32 Å². The van der Waals surface area contributed by atoms with E-state index < -0.39 is 0 Å². The van der Waals surface area contributed by atoms with Crippen LogP contribution in [-0.2, 0) is 6.42 Å². The first kappa shape index (κ1) is 24.9. The Labute approximate surface area is 206 Å². The molecule has 0 saturated carbocycles. The second-order valence-corrected chi connectivity index (χ2v) is 9.87. The molecule has 5 nitrogen and oxygen atoms in total. The van der Waals surface area contributed by atoms with Gasteiger partial charge in [-0.2, -0.15) is 0 Å². The van der Waals surface area contributed by atoms with E-state index in [0.29, 0.717) is 16.2 Å². The molecule has 1 aliphatic rings. The van der Waals surface area contributed by atoms with Gasteiger partial charge in [0.25, 0.3) is 0 Å². The third kappa shape index (κ3) is 8.34. The van der Waals surface area contributed by atoms with Crippen molar-refractivity contribution in [1.82, 2.24) is 14.9 Å². The molecule has 3 rings (SSSR count). The zero-order valence-electron chi connectivity index (χ0n) is 18.7. The molecule has 1 atom stereocenters. The van der Waals surface area contributed by atoms with Crippen molar-refractivity contribution >= 4 is 51.5 Å². The summed E-state index contributed by atoms with van der Waals surface area (Å²) in [4.78, 5) is 15.4. The number of unbranched alkanes of at least 4 members (excludes halogenated alkanes) is 6. The van der Waals surface area contributed by atoms with E-state index >= 15 is 0 Å². The molecular formula is C24H32ClN5S2. The first-order chi connectivity index (χ1) is 15.6. The monoisotopic (exact) mass is 489 g/mol. The maximum atomic E-state index is 6.09. The highest BCUT2D eigenvalue weighted by molar-refractivity contribution is 8.14. The Bertz CT molecular complexity index is 878. The number of benzene rings is 1. The van der Waals surface area contributed by atoms with Gasteiger partial charge in [0.05, 0.1) is 5.69 Å². The lowest BCUT2D eigenvalue weighted by molar-refractivity contribution is 0.531. The molecule has 0 amide bonds. The highest BCUT2D eigenvalue weighted by atomic mass is 35.5. The highest BCUT2D eigenvalue weighted by Gasteiger charge is 2.29. The van der Waals surface area contributed by atoms with Gasteiger partial charge in [-0.15, -0.1) is 0 Å². The maximum absolute atomic E-state index is 6.09. The Morgan fingerprint density at radius 3 is 2.72 bits per heavy atom. The second kappa shape index (κ2) is 13.8. The molecular weight excluding hydrogens is 458 g/mol. The average Bonchev–Trinajstić information content (AvgIpc) is 3.16. The fourth-order valence-corrected chi connectivity index (χ4v) is 5.39. The fraction of sp³-hybridized carbons (Fsp3) is 0.500. The Morgan fingerprint density at radius 1 is 1.19 bits per heavy atom. The second-order valence-electron chi connectivity index (χ2n) is 8.06. The summed E-state index contributed by atoms with van der Waals surface area (Å²) in [6, 6.07) is 7.96. The lowest BCUT2D eigenvalue weighted by atomic mass is 10.1. The minimum atomic E-state index is 0.333. The van der Waals surface area contributed by atoms with E-state index in [1.165, 1.54) is 38.5 Å². The van der Waals surface area contributed by atoms with E-state index in [9.17, 15) is 0 Å². The Balaban J connectivity index is 1.30. The number of thioether (sulfide) groups is 1. The normalized spacial score (nSPS) is 17.1. The van der Waals surface area contributed by atoms with Gasteiger partial charge in [0.15, 0.2) is 10.3 Å². The lowest BCUT2D eigenvalue weighted by Gasteiger charge is -2.24. The Hall–Kier alpha value is -1.70. The molecule has 2 heterocycles.